The summed E-state index contributed by atoms with van der Waals surface area (Å²) in [5, 5.41) is 5.13. The van der Waals surface area contributed by atoms with Crippen LogP contribution in [0.15, 0.2) is 0 Å². The number of rotatable bonds is 1. The zero-order valence-corrected chi connectivity index (χ0v) is 6.68. The summed E-state index contributed by atoms with van der Waals surface area (Å²) in [6.07, 6.45) is 0. The molecule has 2 amide bonds. The van der Waals surface area contributed by atoms with Crippen LogP contribution in [0.25, 0.3) is 0 Å². The van der Waals surface area contributed by atoms with Gasteiger partial charge in [0, 0.05) is 0 Å². The Morgan fingerprint density at radius 3 is 2.55 bits per heavy atom. The van der Waals surface area contributed by atoms with Crippen LogP contribution >= 0.6 is 0 Å². The summed E-state index contributed by atoms with van der Waals surface area (Å²) in [5.74, 6) is -0.0397. The highest BCUT2D eigenvalue weighted by Gasteiger charge is 2.27. The van der Waals surface area contributed by atoms with Gasteiger partial charge in [-0.3, -0.25) is 9.59 Å². The van der Waals surface area contributed by atoms with Gasteiger partial charge in [0.1, 0.15) is 6.04 Å². The van der Waals surface area contributed by atoms with Gasteiger partial charge in [-0.25, -0.2) is 0 Å². The van der Waals surface area contributed by atoms with E-state index >= 15 is 0 Å². The summed E-state index contributed by atoms with van der Waals surface area (Å²) in [5.41, 5.74) is 0. The lowest BCUT2D eigenvalue weighted by Crippen LogP contribution is -2.58. The van der Waals surface area contributed by atoms with Gasteiger partial charge in [0.25, 0.3) is 0 Å². The van der Waals surface area contributed by atoms with Crippen molar-refractivity contribution in [2.24, 2.45) is 5.92 Å². The van der Waals surface area contributed by atoms with Crippen LogP contribution in [0.4, 0.5) is 0 Å². The van der Waals surface area contributed by atoms with E-state index in [4.69, 9.17) is 0 Å². The zero-order chi connectivity index (χ0) is 8.43. The molecule has 11 heavy (non-hydrogen) atoms. The molecule has 62 valence electrons. The lowest BCUT2D eigenvalue weighted by atomic mass is 10.0. The fourth-order valence-electron chi connectivity index (χ4n) is 1.04. The number of amides is 2. The third kappa shape index (κ3) is 1.69. The van der Waals surface area contributed by atoms with Crippen LogP contribution in [0.1, 0.15) is 13.8 Å². The van der Waals surface area contributed by atoms with Crippen molar-refractivity contribution in [1.82, 2.24) is 10.6 Å². The van der Waals surface area contributed by atoms with Gasteiger partial charge in [-0.05, 0) is 5.92 Å². The van der Waals surface area contributed by atoms with Gasteiger partial charge in [0.15, 0.2) is 0 Å². The first-order chi connectivity index (χ1) is 5.11. The molecule has 0 radical (unpaired) electrons. The van der Waals surface area contributed by atoms with Gasteiger partial charge in [0.2, 0.25) is 11.8 Å². The number of nitrogens with one attached hydrogen (secondary N) is 2. The van der Waals surface area contributed by atoms with Gasteiger partial charge in [0.05, 0.1) is 6.54 Å². The van der Waals surface area contributed by atoms with E-state index in [2.05, 4.69) is 10.6 Å². The summed E-state index contributed by atoms with van der Waals surface area (Å²) < 4.78 is 0. The van der Waals surface area contributed by atoms with Crippen LogP contribution in [0.3, 0.4) is 0 Å². The van der Waals surface area contributed by atoms with Crippen molar-refractivity contribution in [1.29, 1.82) is 0 Å². The predicted molar refractivity (Wildman–Crippen MR) is 39.8 cm³/mol. The van der Waals surface area contributed by atoms with Crippen LogP contribution in [-0.4, -0.2) is 24.4 Å². The topological polar surface area (TPSA) is 58.2 Å². The van der Waals surface area contributed by atoms with Crippen molar-refractivity contribution in [3.8, 4) is 0 Å². The third-order valence-corrected chi connectivity index (χ3v) is 1.69. The third-order valence-electron chi connectivity index (χ3n) is 1.69. The maximum absolute atomic E-state index is 11.1. The molecule has 4 nitrogen and oxygen atoms in total. The fraction of sp³-hybridized carbons (Fsp3) is 0.714. The Bertz CT molecular complexity index is 189. The molecule has 1 saturated heterocycles. The summed E-state index contributed by atoms with van der Waals surface area (Å²) in [6.45, 7) is 3.91. The van der Waals surface area contributed by atoms with Crippen molar-refractivity contribution in [2.45, 2.75) is 19.9 Å². The Labute approximate surface area is 65.3 Å². The predicted octanol–water partition coefficient (Wildman–Crippen LogP) is -0.743. The molecule has 0 unspecified atom stereocenters. The SMILES string of the molecule is CC(C)[C@H]1NC(=O)CNC1=O. The minimum Gasteiger partial charge on any atom is -0.345 e. The van der Waals surface area contributed by atoms with E-state index in [-0.39, 0.29) is 30.3 Å². The smallest absolute Gasteiger partial charge is 0.243 e. The number of piperazine rings is 1. The molecular weight excluding hydrogens is 144 g/mol. The first-order valence-electron chi connectivity index (χ1n) is 3.68. The van der Waals surface area contributed by atoms with E-state index in [1.807, 2.05) is 13.8 Å². The average Bonchev–Trinajstić information content (AvgIpc) is 1.94. The van der Waals surface area contributed by atoms with Gasteiger partial charge in [-0.15, -0.1) is 0 Å². The Morgan fingerprint density at radius 2 is 2.09 bits per heavy atom. The lowest BCUT2D eigenvalue weighted by molar-refractivity contribution is -0.134. The summed E-state index contributed by atoms with van der Waals surface area (Å²) in [7, 11) is 0. The van der Waals surface area contributed by atoms with Crippen LogP contribution in [0.2, 0.25) is 0 Å². The second-order valence-electron chi connectivity index (χ2n) is 3.01. The maximum Gasteiger partial charge on any atom is 0.243 e. The lowest BCUT2D eigenvalue weighted by Gasteiger charge is -2.25. The maximum atomic E-state index is 11.1. The van der Waals surface area contributed by atoms with E-state index in [1.165, 1.54) is 0 Å². The van der Waals surface area contributed by atoms with Gasteiger partial charge in [-0.1, -0.05) is 13.8 Å². The first-order valence-corrected chi connectivity index (χ1v) is 3.68. The van der Waals surface area contributed by atoms with Crippen molar-refractivity contribution in [3.63, 3.8) is 0 Å². The molecule has 0 bridgehead atoms. The molecule has 1 rings (SSSR count). The van der Waals surface area contributed by atoms with E-state index in [0.717, 1.165) is 0 Å². The number of carbonyl (C=O) groups excluding carboxylic acids is 2. The largest absolute Gasteiger partial charge is 0.345 e. The fourth-order valence-corrected chi connectivity index (χ4v) is 1.04. The van der Waals surface area contributed by atoms with Crippen molar-refractivity contribution < 1.29 is 9.59 Å². The molecule has 1 atom stereocenters. The molecule has 1 heterocycles. The molecule has 0 saturated carbocycles. The van der Waals surface area contributed by atoms with E-state index in [1.54, 1.807) is 0 Å². The summed E-state index contributed by atoms with van der Waals surface area (Å²) >= 11 is 0. The first kappa shape index (κ1) is 8.04. The molecule has 2 N–H and O–H groups in total. The Balaban J connectivity index is 2.61. The molecule has 0 aliphatic carbocycles. The standard InChI is InChI=1S/C7H12N2O2/c1-4(2)6-7(11)8-3-5(10)9-6/h4,6H,3H2,1-2H3,(H,8,11)(H,9,10)/t6-/m1/s1. The van der Waals surface area contributed by atoms with E-state index in [0.29, 0.717) is 0 Å². The number of hydrogen-bond acceptors (Lipinski definition) is 2. The molecular formula is C7H12N2O2. The molecule has 0 aromatic carbocycles. The molecule has 1 aliphatic rings. The summed E-state index contributed by atoms with van der Waals surface area (Å²) in [6, 6.07) is -0.351. The number of hydrogen-bond donors (Lipinski definition) is 2. The minimum atomic E-state index is -0.351. The molecule has 4 heteroatoms. The second-order valence-corrected chi connectivity index (χ2v) is 3.01. The molecule has 0 aromatic rings. The van der Waals surface area contributed by atoms with Crippen LogP contribution in [-0.2, 0) is 9.59 Å². The van der Waals surface area contributed by atoms with Crippen molar-refractivity contribution in [3.05, 3.63) is 0 Å². The molecule has 1 aliphatic heterocycles. The highest BCUT2D eigenvalue weighted by atomic mass is 16.2. The van der Waals surface area contributed by atoms with Crippen LogP contribution in [0, 0.1) is 5.92 Å². The van der Waals surface area contributed by atoms with Crippen LogP contribution in [0.5, 0.6) is 0 Å². The van der Waals surface area contributed by atoms with E-state index in [9.17, 15) is 9.59 Å². The Kier molecular flexibility index (Phi) is 2.12. The monoisotopic (exact) mass is 156 g/mol. The van der Waals surface area contributed by atoms with Gasteiger partial charge in [-0.2, -0.15) is 0 Å². The Hall–Kier alpha value is -1.06. The van der Waals surface area contributed by atoms with Crippen molar-refractivity contribution >= 4 is 11.8 Å². The average molecular weight is 156 g/mol. The highest BCUT2D eigenvalue weighted by molar-refractivity contribution is 5.94. The normalized spacial score (nSPS) is 24.8. The van der Waals surface area contributed by atoms with Gasteiger partial charge < -0.3 is 10.6 Å². The van der Waals surface area contributed by atoms with Gasteiger partial charge >= 0.3 is 0 Å². The van der Waals surface area contributed by atoms with E-state index < -0.39 is 0 Å². The quantitative estimate of drug-likeness (QED) is 0.525. The minimum absolute atomic E-state index is 0.0837. The zero-order valence-electron chi connectivity index (χ0n) is 6.68. The second kappa shape index (κ2) is 2.90. The number of carbonyl (C=O) groups is 2. The summed E-state index contributed by atoms with van der Waals surface area (Å²) in [4.78, 5) is 21.9. The van der Waals surface area contributed by atoms with Crippen LogP contribution < -0.4 is 10.6 Å². The molecule has 0 aromatic heterocycles. The molecule has 0 spiro atoms. The Morgan fingerprint density at radius 1 is 1.45 bits per heavy atom. The van der Waals surface area contributed by atoms with Crippen molar-refractivity contribution in [2.75, 3.05) is 6.54 Å². The highest BCUT2D eigenvalue weighted by Crippen LogP contribution is 2.03. The molecule has 1 fully saturated rings.